The van der Waals surface area contributed by atoms with Crippen molar-refractivity contribution >= 4 is 114 Å². The minimum Gasteiger partial charge on any atom is -0.494 e. The first-order valence-electron chi connectivity index (χ1n) is 47.9. The number of aromatic nitrogens is 11. The number of carbonyl (C=O) groups is 4. The molecule has 15 aromatic rings. The molecule has 5 aliphatic heterocycles. The molecule has 4 amide bonds. The number of rotatable bonds is 29. The van der Waals surface area contributed by atoms with Crippen molar-refractivity contribution in [3.8, 4) is 17.2 Å². The molecule has 12 heterocycles. The van der Waals surface area contributed by atoms with Crippen molar-refractivity contribution in [1.29, 1.82) is 0 Å². The normalized spacial score (nSPS) is 16.3. The lowest BCUT2D eigenvalue weighted by atomic mass is 9.92. The molecule has 20 rings (SSSR count). The lowest BCUT2D eigenvalue weighted by molar-refractivity contribution is 0.0836. The number of aryl methyl sites for hydroxylation is 3. The molecule has 1 saturated heterocycles. The average molecular weight is 1980 g/mol. The van der Waals surface area contributed by atoms with E-state index in [1.807, 2.05) is 186 Å². The van der Waals surface area contributed by atoms with Gasteiger partial charge in [0.15, 0.2) is 0 Å². The van der Waals surface area contributed by atoms with Gasteiger partial charge in [-0.25, -0.2) is 38.5 Å². The summed E-state index contributed by atoms with van der Waals surface area (Å²) in [6.45, 7) is 17.4. The third kappa shape index (κ3) is 23.6. The maximum absolute atomic E-state index is 13.1. The second-order valence-electron chi connectivity index (χ2n) is 35.5. The zero-order chi connectivity index (χ0) is 97.1. The number of piperazine rings is 1. The Balaban J connectivity index is 0.000000129. The number of benzene rings is 8. The molecular formula is C106H117Cl4FN18O11. The topological polar surface area (TPSA) is 285 Å². The zero-order valence-corrected chi connectivity index (χ0v) is 82.3. The fourth-order valence-corrected chi connectivity index (χ4v) is 20.3. The first kappa shape index (κ1) is 98.5. The van der Waals surface area contributed by atoms with Gasteiger partial charge in [-0.15, -0.1) is 0 Å². The lowest BCUT2D eigenvalue weighted by Gasteiger charge is -2.36. The highest BCUT2D eigenvalue weighted by Gasteiger charge is 2.41. The van der Waals surface area contributed by atoms with Crippen molar-refractivity contribution < 1.29 is 56.7 Å². The molecule has 7 aromatic heterocycles. The Morgan fingerprint density at radius 1 is 0.414 bits per heavy atom. The second kappa shape index (κ2) is 46.8. The van der Waals surface area contributed by atoms with E-state index < -0.39 is 18.8 Å². The number of carbonyl (C=O) groups excluding carboxylic acids is 4. The monoisotopic (exact) mass is 1980 g/mol. The summed E-state index contributed by atoms with van der Waals surface area (Å²) in [4.78, 5) is 92.0. The van der Waals surface area contributed by atoms with Crippen LogP contribution < -0.4 is 14.2 Å². The Hall–Kier alpha value is -13.1. The summed E-state index contributed by atoms with van der Waals surface area (Å²) < 4.78 is 57.3. The van der Waals surface area contributed by atoms with Crippen LogP contribution in [0.4, 0.5) is 23.6 Å². The van der Waals surface area contributed by atoms with Crippen LogP contribution in [0.1, 0.15) is 137 Å². The minimum atomic E-state index is -0.715. The van der Waals surface area contributed by atoms with Gasteiger partial charge in [0.05, 0.1) is 52.8 Å². The van der Waals surface area contributed by atoms with Gasteiger partial charge in [-0.2, -0.15) is 5.10 Å². The average Bonchev–Trinajstić information content (AvgIpc) is 1.60. The molecule has 34 heteroatoms. The maximum Gasteiger partial charge on any atom is 0.410 e. The van der Waals surface area contributed by atoms with Crippen LogP contribution in [0.25, 0.3) is 43.6 Å². The van der Waals surface area contributed by atoms with Gasteiger partial charge in [-0.3, -0.25) is 29.2 Å². The number of aromatic amines is 4. The summed E-state index contributed by atoms with van der Waals surface area (Å²) in [6, 6.07) is 54.5. The van der Waals surface area contributed by atoms with Crippen molar-refractivity contribution in [3.63, 3.8) is 0 Å². The molecule has 1 fully saturated rings. The third-order valence-corrected chi connectivity index (χ3v) is 27.1. The first-order valence-corrected chi connectivity index (χ1v) is 49.4. The van der Waals surface area contributed by atoms with Crippen molar-refractivity contribution in [2.24, 2.45) is 0 Å². The van der Waals surface area contributed by atoms with E-state index >= 15 is 0 Å². The van der Waals surface area contributed by atoms with E-state index in [4.69, 9.17) is 79.6 Å². The number of ether oxygens (including phenoxy) is 7. The van der Waals surface area contributed by atoms with Gasteiger partial charge in [0.25, 0.3) is 0 Å². The minimum absolute atomic E-state index is 0.225. The van der Waals surface area contributed by atoms with Crippen LogP contribution in [-0.4, -0.2) is 245 Å². The van der Waals surface area contributed by atoms with E-state index in [2.05, 4.69) is 93.0 Å². The molecule has 0 spiro atoms. The number of hydrogen-bond acceptors (Lipinski definition) is 18. The molecule has 4 unspecified atom stereocenters. The number of fused-ring (bicyclic) bond motifs is 12. The van der Waals surface area contributed by atoms with Gasteiger partial charge < -0.3 is 72.0 Å². The highest BCUT2D eigenvalue weighted by molar-refractivity contribution is 6.32. The van der Waals surface area contributed by atoms with Crippen LogP contribution in [0, 0.1) is 0 Å². The number of halogens is 5. The first-order chi connectivity index (χ1) is 68.3. The van der Waals surface area contributed by atoms with Crippen LogP contribution in [0.15, 0.2) is 220 Å². The van der Waals surface area contributed by atoms with E-state index in [-0.39, 0.29) is 43.0 Å². The number of alkyl halides is 1. The van der Waals surface area contributed by atoms with Crippen molar-refractivity contribution in [1.82, 2.24) is 88.1 Å². The number of H-pyrrole nitrogens is 4. The van der Waals surface area contributed by atoms with E-state index in [0.29, 0.717) is 80.7 Å². The molecule has 5 aliphatic rings. The number of imidazole rings is 2. The summed E-state index contributed by atoms with van der Waals surface area (Å²) >= 11 is 25.1. The molecule has 4 N–H and O–H groups in total. The summed E-state index contributed by atoms with van der Waals surface area (Å²) in [5.41, 5.74) is 18.0. The maximum atomic E-state index is 13.1. The summed E-state index contributed by atoms with van der Waals surface area (Å²) in [5.74, 6) is 2.34. The molecule has 8 aromatic carbocycles. The van der Waals surface area contributed by atoms with Crippen LogP contribution >= 0.6 is 46.4 Å². The van der Waals surface area contributed by atoms with Gasteiger partial charge in [-0.05, 0) is 245 Å². The predicted molar refractivity (Wildman–Crippen MR) is 541 cm³/mol. The van der Waals surface area contributed by atoms with Crippen molar-refractivity contribution in [2.75, 3.05) is 133 Å². The molecular weight excluding hydrogens is 1860 g/mol. The standard InChI is InChI=1S/C30H40ClN5O2.C26H26ClFN4O3.C25H26ClN5O3.C25H25ClN4O3/c1-4-38-30(37)36-14-11-25-26-20-24(31)9-10-27(26)32-28(25)29(36)23-8-5-7-22(19-23)21-35-17-15-34(16-18-35)13-6-12-33(2)3;27-19-4-7-23-22(16-19)21-8-12-32(26(33)35-15-9-28)25(24(21)30-23)18-2-5-20(6-3-18)34-14-1-11-31-13-10-29-17-31;1-2-33-25(32)31-12-10-20-21-14-18(26)6-9-22(21)29-23(20)24(31)17-4-7-19(8-5-17)34-13-3-11-30-16-27-15-28-30;1-32-25(31)30-12-9-20-21-15-18(26)5-8-22(21)28-23(20)24(30)17-3-6-19(7-4-17)33-14-2-11-29-13-10-27-16-29/h5,7-10,19-20,29,32H,4,6,11-18,21H2,1-3H3;2-7,10,13,16-17,25,30H,1,8-9,11-12,14-15H2;4-9,14-16,24,29H,2-3,10-13H2,1H3;3-8,10,13,15-16,24,28H,2,9,11-12,14H2,1H3. The van der Waals surface area contributed by atoms with Gasteiger partial charge in [0.1, 0.15) is 67.4 Å². The quantitative estimate of drug-likeness (QED) is 0.0250. The Labute approximate surface area is 832 Å². The molecule has 140 heavy (non-hydrogen) atoms. The lowest BCUT2D eigenvalue weighted by Crippen LogP contribution is -2.46. The largest absolute Gasteiger partial charge is 0.494 e. The smallest absolute Gasteiger partial charge is 0.410 e. The van der Waals surface area contributed by atoms with E-state index in [0.717, 1.165) is 214 Å². The Bertz CT molecular complexity index is 6650. The van der Waals surface area contributed by atoms with Crippen molar-refractivity contribution in [2.45, 2.75) is 116 Å². The van der Waals surface area contributed by atoms with Gasteiger partial charge in [0.2, 0.25) is 0 Å². The summed E-state index contributed by atoms with van der Waals surface area (Å²) in [6.07, 6.45) is 19.4. The number of amides is 4. The molecule has 732 valence electrons. The van der Waals surface area contributed by atoms with E-state index in [1.165, 1.54) is 48.7 Å². The van der Waals surface area contributed by atoms with Gasteiger partial charge >= 0.3 is 24.4 Å². The Kier molecular flexibility index (Phi) is 32.9. The summed E-state index contributed by atoms with van der Waals surface area (Å²) in [5, 5.41) is 11.3. The summed E-state index contributed by atoms with van der Waals surface area (Å²) in [7, 11) is 5.69. The van der Waals surface area contributed by atoms with Crippen LogP contribution in [0.5, 0.6) is 17.2 Å². The zero-order valence-electron chi connectivity index (χ0n) is 79.2. The molecule has 29 nitrogen and oxygen atoms in total. The molecule has 0 radical (unpaired) electrons. The number of methoxy groups -OCH3 is 1. The molecule has 0 saturated carbocycles. The second-order valence-corrected chi connectivity index (χ2v) is 37.2. The van der Waals surface area contributed by atoms with Crippen molar-refractivity contribution in [3.05, 3.63) is 313 Å². The van der Waals surface area contributed by atoms with E-state index in [1.54, 1.807) is 50.8 Å². The highest BCUT2D eigenvalue weighted by Crippen LogP contribution is 2.46. The fraction of sp³-hybridized carbons (Fsp3) is 0.358. The third-order valence-electron chi connectivity index (χ3n) is 26.2. The van der Waals surface area contributed by atoms with Crippen LogP contribution in [-0.2, 0) is 70.8 Å². The SMILES string of the molecule is CCOC(=O)N1CCc2c([nH]c3ccc(Cl)cc23)C1c1ccc(OCCCn2cncn2)cc1.CCOC(=O)N1CCc2c([nH]c3ccc(Cl)cc23)C1c1cccc(CN2CCN(CCCN(C)C)CC2)c1.COC(=O)N1CCc2c([nH]c3ccc(Cl)cc23)C1c1ccc(OCCCn2ccnc2)cc1.O=C(OCCF)N1CCc2c([nH]c3ccc(Cl)cc23)C1c1ccc(OCCCn2ccnc2)cc1. The van der Waals surface area contributed by atoms with Crippen LogP contribution in [0.3, 0.4) is 0 Å². The molecule has 0 bridgehead atoms. The highest BCUT2D eigenvalue weighted by atomic mass is 35.5. The Morgan fingerprint density at radius 2 is 0.800 bits per heavy atom. The number of nitrogens with zero attached hydrogens (tertiary/aromatic N) is 14. The number of nitrogens with one attached hydrogen (secondary N) is 4. The fourth-order valence-electron chi connectivity index (χ4n) is 19.6. The van der Waals surface area contributed by atoms with Crippen LogP contribution in [0.2, 0.25) is 20.1 Å². The molecule has 0 aliphatic carbocycles. The van der Waals surface area contributed by atoms with Gasteiger partial charge in [0, 0.05) is 196 Å². The Morgan fingerprint density at radius 3 is 1.16 bits per heavy atom. The number of hydrogen-bond donors (Lipinski definition) is 4. The van der Waals surface area contributed by atoms with Gasteiger partial charge in [-0.1, -0.05) is 107 Å². The van der Waals surface area contributed by atoms with E-state index in [9.17, 15) is 23.6 Å². The molecule has 4 atom stereocenters. The predicted octanol–water partition coefficient (Wildman–Crippen LogP) is 20.7.